The van der Waals surface area contributed by atoms with Crippen LogP contribution < -0.4 is 10.6 Å². The van der Waals surface area contributed by atoms with Crippen LogP contribution in [0.15, 0.2) is 48.5 Å². The number of aromatic carboxylic acids is 1. The molecule has 1 saturated carbocycles. The molecule has 1 spiro atoms. The molecule has 44 heavy (non-hydrogen) atoms. The van der Waals surface area contributed by atoms with Crippen LogP contribution in [0.2, 0.25) is 0 Å². The Hall–Kier alpha value is -3.76. The minimum atomic E-state index is -1.02. The van der Waals surface area contributed by atoms with Gasteiger partial charge < -0.3 is 25.7 Å². The Labute approximate surface area is 258 Å². The fraction of sp³-hybridized carbons (Fsp3) is 0.529. The van der Waals surface area contributed by atoms with Crippen LogP contribution in [0.1, 0.15) is 97.4 Å². The van der Waals surface area contributed by atoms with Crippen LogP contribution in [0, 0.1) is 0 Å². The Balaban J connectivity index is 1.18. The van der Waals surface area contributed by atoms with Crippen LogP contribution in [0.25, 0.3) is 0 Å². The number of piperidine rings is 1. The van der Waals surface area contributed by atoms with Gasteiger partial charge >= 0.3 is 5.97 Å². The lowest BCUT2D eigenvalue weighted by Gasteiger charge is -2.52. The molecule has 0 unspecified atom stereocenters. The summed E-state index contributed by atoms with van der Waals surface area (Å²) in [5.41, 5.74) is 0.444. The molecule has 0 aromatic heterocycles. The van der Waals surface area contributed by atoms with Crippen LogP contribution in [0.4, 0.5) is 5.69 Å². The highest BCUT2D eigenvalue weighted by molar-refractivity contribution is 6.04. The summed E-state index contributed by atoms with van der Waals surface area (Å²) in [5.74, 6) is -1.46. The van der Waals surface area contributed by atoms with E-state index in [1.165, 1.54) is 12.1 Å². The fourth-order valence-corrected chi connectivity index (χ4v) is 6.95. The van der Waals surface area contributed by atoms with E-state index in [0.717, 1.165) is 37.7 Å². The lowest BCUT2D eigenvalue weighted by molar-refractivity contribution is -0.163. The average Bonchev–Trinajstić information content (AvgIpc) is 3.02. The highest BCUT2D eigenvalue weighted by Gasteiger charge is 2.54. The van der Waals surface area contributed by atoms with E-state index in [-0.39, 0.29) is 29.7 Å². The molecule has 0 bridgehead atoms. The van der Waals surface area contributed by atoms with Crippen LogP contribution in [0.3, 0.4) is 0 Å². The number of carbonyl (C=O) groups excluding carboxylic acids is 3. The molecular weight excluding hydrogens is 560 g/mol. The summed E-state index contributed by atoms with van der Waals surface area (Å²) < 4.78 is 0. The van der Waals surface area contributed by atoms with E-state index in [2.05, 4.69) is 22.5 Å². The Kier molecular flexibility index (Phi) is 9.70. The van der Waals surface area contributed by atoms with E-state index in [1.54, 1.807) is 24.3 Å². The summed E-state index contributed by atoms with van der Waals surface area (Å²) in [6.45, 7) is 4.61. The number of amides is 3. The van der Waals surface area contributed by atoms with E-state index >= 15 is 0 Å². The number of nitrogens with zero attached hydrogens (tertiary/aromatic N) is 2. The highest BCUT2D eigenvalue weighted by Crippen LogP contribution is 2.37. The number of aliphatic hydroxyl groups is 1. The van der Waals surface area contributed by atoms with Gasteiger partial charge in [-0.15, -0.1) is 0 Å². The molecule has 3 amide bonds. The molecular formula is C34H44N4O6. The monoisotopic (exact) mass is 604 g/mol. The molecule has 1 atom stereocenters. The van der Waals surface area contributed by atoms with Crippen molar-refractivity contribution in [3.05, 3.63) is 65.2 Å². The van der Waals surface area contributed by atoms with Crippen molar-refractivity contribution in [2.24, 2.45) is 0 Å². The highest BCUT2D eigenvalue weighted by atomic mass is 16.4. The van der Waals surface area contributed by atoms with Gasteiger partial charge in [-0.2, -0.15) is 0 Å². The van der Waals surface area contributed by atoms with E-state index in [0.29, 0.717) is 63.1 Å². The molecule has 2 saturated heterocycles. The van der Waals surface area contributed by atoms with Crippen molar-refractivity contribution in [1.29, 1.82) is 0 Å². The summed E-state index contributed by atoms with van der Waals surface area (Å²) in [7, 11) is 0. The predicted octanol–water partition coefficient (Wildman–Crippen LogP) is 4.18. The first-order chi connectivity index (χ1) is 21.1. The number of hydrogen-bond donors (Lipinski definition) is 4. The summed E-state index contributed by atoms with van der Waals surface area (Å²) in [6, 6.07) is 12.7. The molecule has 2 aromatic rings. The first-order valence-corrected chi connectivity index (χ1v) is 15.9. The van der Waals surface area contributed by atoms with E-state index < -0.39 is 23.2 Å². The quantitative estimate of drug-likeness (QED) is 0.319. The number of benzene rings is 2. The van der Waals surface area contributed by atoms with E-state index in [1.807, 2.05) is 17.0 Å². The number of anilines is 1. The minimum absolute atomic E-state index is 0.0582. The average molecular weight is 605 g/mol. The topological polar surface area (TPSA) is 139 Å². The van der Waals surface area contributed by atoms with Crippen molar-refractivity contribution >= 4 is 29.4 Å². The number of likely N-dealkylation sites (tertiary alicyclic amines) is 1. The molecule has 3 aliphatic rings. The Morgan fingerprint density at radius 2 is 1.57 bits per heavy atom. The van der Waals surface area contributed by atoms with Crippen molar-refractivity contribution in [2.75, 3.05) is 25.0 Å². The van der Waals surface area contributed by atoms with Gasteiger partial charge in [-0.05, 0) is 74.1 Å². The number of carboxylic acid groups (broad SMARTS) is 1. The third-order valence-corrected chi connectivity index (χ3v) is 9.61. The maximum Gasteiger partial charge on any atom is 0.335 e. The van der Waals surface area contributed by atoms with Crippen LogP contribution in [0.5, 0.6) is 0 Å². The second-order valence-corrected chi connectivity index (χ2v) is 12.7. The second-order valence-electron chi connectivity index (χ2n) is 12.7. The molecule has 0 radical (unpaired) electrons. The Morgan fingerprint density at radius 1 is 0.932 bits per heavy atom. The van der Waals surface area contributed by atoms with Gasteiger partial charge in [0.05, 0.1) is 11.2 Å². The van der Waals surface area contributed by atoms with Gasteiger partial charge in [0.15, 0.2) is 0 Å². The van der Waals surface area contributed by atoms with Gasteiger partial charge in [-0.1, -0.05) is 44.7 Å². The first kappa shape index (κ1) is 31.7. The third kappa shape index (κ3) is 6.97. The van der Waals surface area contributed by atoms with Gasteiger partial charge in [-0.3, -0.25) is 19.3 Å². The number of nitrogens with one attached hydrogen (secondary N) is 2. The normalized spacial score (nSPS) is 21.6. The van der Waals surface area contributed by atoms with Crippen LogP contribution >= 0.6 is 0 Å². The fourth-order valence-electron chi connectivity index (χ4n) is 6.95. The standard InChI is InChI=1S/C34H44N4O6/c1-2-3-19-38-30(40)28(22-33(44)15-5-4-6-16-33)36-32(43)34(38)17-20-37(21-18-34)23-24-7-9-25(10-8-24)29(39)35-27-13-11-26(12-14-27)31(41)42/h7-14,28,44H,2-6,15-23H2,1H3,(H,35,39)(H,36,43)(H,41,42)/t28-/m1/s1. The maximum absolute atomic E-state index is 13.8. The zero-order chi connectivity index (χ0) is 31.3. The molecule has 3 fully saturated rings. The first-order valence-electron chi connectivity index (χ1n) is 15.9. The van der Waals surface area contributed by atoms with Crippen molar-refractivity contribution in [1.82, 2.24) is 15.1 Å². The lowest BCUT2D eigenvalue weighted by atomic mass is 9.77. The van der Waals surface area contributed by atoms with Gasteiger partial charge in [0.1, 0.15) is 11.6 Å². The molecule has 2 aliphatic heterocycles. The largest absolute Gasteiger partial charge is 0.478 e. The Bertz CT molecular complexity index is 1340. The lowest BCUT2D eigenvalue weighted by Crippen LogP contribution is -2.73. The van der Waals surface area contributed by atoms with Gasteiger partial charge in [0.25, 0.3) is 5.91 Å². The summed E-state index contributed by atoms with van der Waals surface area (Å²) in [6.07, 6.45) is 7.48. The molecule has 4 N–H and O–H groups in total. The van der Waals surface area contributed by atoms with Crippen molar-refractivity contribution in [3.63, 3.8) is 0 Å². The number of rotatable bonds is 10. The molecule has 10 heteroatoms. The zero-order valence-electron chi connectivity index (χ0n) is 25.5. The number of carboxylic acids is 1. The van der Waals surface area contributed by atoms with E-state index in [9.17, 15) is 24.3 Å². The summed E-state index contributed by atoms with van der Waals surface area (Å²) in [4.78, 5) is 55.4. The smallest absolute Gasteiger partial charge is 0.335 e. The van der Waals surface area contributed by atoms with Crippen LogP contribution in [-0.2, 0) is 16.1 Å². The molecule has 2 aromatic carbocycles. The molecule has 2 heterocycles. The SMILES string of the molecule is CCCCN1C(=O)[C@@H](CC2(O)CCCCC2)NC(=O)C12CCN(Cc1ccc(C(=O)Nc3ccc(C(=O)O)cc3)cc1)CC2. The van der Waals surface area contributed by atoms with Gasteiger partial charge in [0.2, 0.25) is 11.8 Å². The number of unbranched alkanes of at least 4 members (excludes halogenated alkanes) is 1. The number of carbonyl (C=O) groups is 4. The predicted molar refractivity (Wildman–Crippen MR) is 166 cm³/mol. The third-order valence-electron chi connectivity index (χ3n) is 9.61. The number of piperazine rings is 1. The molecule has 236 valence electrons. The molecule has 1 aliphatic carbocycles. The number of hydrogen-bond acceptors (Lipinski definition) is 6. The summed E-state index contributed by atoms with van der Waals surface area (Å²) >= 11 is 0. The Morgan fingerprint density at radius 3 is 2.18 bits per heavy atom. The van der Waals surface area contributed by atoms with Gasteiger partial charge in [-0.25, -0.2) is 4.79 Å². The van der Waals surface area contributed by atoms with Gasteiger partial charge in [0, 0.05) is 43.9 Å². The van der Waals surface area contributed by atoms with E-state index in [4.69, 9.17) is 5.11 Å². The minimum Gasteiger partial charge on any atom is -0.478 e. The second kappa shape index (κ2) is 13.5. The van der Waals surface area contributed by atoms with Crippen molar-refractivity contribution in [3.8, 4) is 0 Å². The maximum atomic E-state index is 13.8. The summed E-state index contributed by atoms with van der Waals surface area (Å²) in [5, 5.41) is 26.0. The van der Waals surface area contributed by atoms with Crippen molar-refractivity contribution in [2.45, 2.75) is 94.9 Å². The zero-order valence-corrected chi connectivity index (χ0v) is 25.5. The van der Waals surface area contributed by atoms with Crippen LogP contribution in [-0.4, -0.2) is 80.5 Å². The molecule has 5 rings (SSSR count). The molecule has 10 nitrogen and oxygen atoms in total. The van der Waals surface area contributed by atoms with Crippen molar-refractivity contribution < 1.29 is 29.4 Å².